The molecule has 1 N–H and O–H groups in total. The Hall–Kier alpha value is -4.11. The van der Waals surface area contributed by atoms with Gasteiger partial charge in [0.15, 0.2) is 16.3 Å². The number of carbonyl (C=O) groups excluding carboxylic acids is 1. The molecular weight excluding hydrogens is 504 g/mol. The van der Waals surface area contributed by atoms with E-state index in [1.165, 1.54) is 15.9 Å². The molecule has 0 saturated heterocycles. The molecule has 9 heteroatoms. The molecule has 2 aromatic carbocycles. The molecule has 1 aromatic heterocycles. The van der Waals surface area contributed by atoms with Crippen molar-refractivity contribution in [3.8, 4) is 17.2 Å². The van der Waals surface area contributed by atoms with Gasteiger partial charge in [-0.05, 0) is 68.7 Å². The first-order chi connectivity index (χ1) is 18.3. The second kappa shape index (κ2) is 11.5. The zero-order valence-electron chi connectivity index (χ0n) is 21.8. The highest BCUT2D eigenvalue weighted by Gasteiger charge is 2.33. The van der Waals surface area contributed by atoms with Crippen molar-refractivity contribution in [3.63, 3.8) is 0 Å². The van der Waals surface area contributed by atoms with Gasteiger partial charge in [-0.2, -0.15) is 0 Å². The molecule has 1 aliphatic heterocycles. The first-order valence-electron chi connectivity index (χ1n) is 12.3. The Balaban J connectivity index is 1.95. The van der Waals surface area contributed by atoms with Gasteiger partial charge < -0.3 is 19.3 Å². The monoisotopic (exact) mass is 534 g/mol. The van der Waals surface area contributed by atoms with E-state index in [0.29, 0.717) is 61.8 Å². The van der Waals surface area contributed by atoms with Gasteiger partial charge in [0, 0.05) is 5.56 Å². The Labute approximate surface area is 224 Å². The zero-order valence-corrected chi connectivity index (χ0v) is 22.6. The van der Waals surface area contributed by atoms with E-state index >= 15 is 0 Å². The van der Waals surface area contributed by atoms with Gasteiger partial charge in [-0.25, -0.2) is 9.79 Å². The number of hydrogen-bond acceptors (Lipinski definition) is 8. The minimum absolute atomic E-state index is 0.0538. The number of aromatic nitrogens is 1. The highest BCUT2D eigenvalue weighted by atomic mass is 32.1. The molecule has 198 valence electrons. The number of phenols is 1. The number of benzene rings is 2. The van der Waals surface area contributed by atoms with Gasteiger partial charge in [-0.3, -0.25) is 9.36 Å². The number of hydrogen-bond donors (Lipinski definition) is 1. The van der Waals surface area contributed by atoms with Crippen molar-refractivity contribution in [3.05, 3.63) is 96.7 Å². The lowest BCUT2D eigenvalue weighted by Gasteiger charge is -2.25. The third-order valence-electron chi connectivity index (χ3n) is 6.06. The molecule has 1 aliphatic rings. The second-order valence-electron chi connectivity index (χ2n) is 8.53. The first kappa shape index (κ1) is 26.9. The maximum Gasteiger partial charge on any atom is 0.338 e. The average molecular weight is 535 g/mol. The van der Waals surface area contributed by atoms with Gasteiger partial charge in [-0.15, -0.1) is 6.58 Å². The fraction of sp³-hybridized carbons (Fsp3) is 0.276. The Bertz CT molecular complexity index is 1600. The van der Waals surface area contributed by atoms with Crippen LogP contribution in [0, 0.1) is 0 Å². The predicted octanol–water partition coefficient (Wildman–Crippen LogP) is 3.64. The molecule has 8 nitrogen and oxygen atoms in total. The minimum atomic E-state index is -0.738. The van der Waals surface area contributed by atoms with Gasteiger partial charge in [-0.1, -0.05) is 29.5 Å². The molecule has 0 fully saturated rings. The number of ether oxygens (including phenoxy) is 3. The van der Waals surface area contributed by atoms with Crippen LogP contribution in [0.4, 0.5) is 0 Å². The first-order valence-corrected chi connectivity index (χ1v) is 13.1. The fourth-order valence-electron chi connectivity index (χ4n) is 4.42. The Kier molecular flexibility index (Phi) is 8.16. The minimum Gasteiger partial charge on any atom is -0.504 e. The number of rotatable bonds is 9. The van der Waals surface area contributed by atoms with Crippen LogP contribution >= 0.6 is 11.3 Å². The largest absolute Gasteiger partial charge is 0.504 e. The summed E-state index contributed by atoms with van der Waals surface area (Å²) < 4.78 is 18.3. The highest BCUT2D eigenvalue weighted by molar-refractivity contribution is 7.07. The molecule has 0 aliphatic carbocycles. The molecule has 0 radical (unpaired) electrons. The molecular formula is C29H30N2O6S. The Morgan fingerprint density at radius 2 is 2.03 bits per heavy atom. The molecule has 0 unspecified atom stereocenters. The quantitative estimate of drug-likeness (QED) is 0.333. The number of fused-ring (bicyclic) bond motifs is 1. The summed E-state index contributed by atoms with van der Waals surface area (Å²) in [5.41, 5.74) is 2.52. The number of aromatic hydroxyl groups is 1. The lowest BCUT2D eigenvalue weighted by molar-refractivity contribution is -0.139. The maximum absolute atomic E-state index is 13.9. The average Bonchev–Trinajstić information content (AvgIpc) is 3.20. The van der Waals surface area contributed by atoms with Gasteiger partial charge in [0.1, 0.15) is 5.75 Å². The van der Waals surface area contributed by atoms with E-state index in [4.69, 9.17) is 14.2 Å². The summed E-state index contributed by atoms with van der Waals surface area (Å²) >= 11 is 1.23. The summed E-state index contributed by atoms with van der Waals surface area (Å²) in [4.78, 5) is 32.0. The predicted molar refractivity (Wildman–Crippen MR) is 147 cm³/mol. The van der Waals surface area contributed by atoms with Crippen LogP contribution in [-0.4, -0.2) is 36.0 Å². The fourth-order valence-corrected chi connectivity index (χ4v) is 5.47. The Morgan fingerprint density at radius 1 is 1.24 bits per heavy atom. The van der Waals surface area contributed by atoms with Crippen molar-refractivity contribution in [2.75, 3.05) is 20.3 Å². The molecule has 0 amide bonds. The number of thiazole rings is 1. The van der Waals surface area contributed by atoms with Crippen LogP contribution in [0.3, 0.4) is 0 Å². The number of carbonyl (C=O) groups is 1. The van der Waals surface area contributed by atoms with Gasteiger partial charge in [0.2, 0.25) is 0 Å². The van der Waals surface area contributed by atoms with Crippen LogP contribution in [0.25, 0.3) is 6.08 Å². The summed E-state index contributed by atoms with van der Waals surface area (Å²) in [6.07, 6.45) is 3.87. The van der Waals surface area contributed by atoms with Crippen molar-refractivity contribution >= 4 is 23.4 Å². The smallest absolute Gasteiger partial charge is 0.338 e. The third-order valence-corrected chi connectivity index (χ3v) is 7.05. The van der Waals surface area contributed by atoms with E-state index < -0.39 is 12.0 Å². The molecule has 0 bridgehead atoms. The van der Waals surface area contributed by atoms with E-state index in [-0.39, 0.29) is 17.9 Å². The lowest BCUT2D eigenvalue weighted by Crippen LogP contribution is -2.39. The van der Waals surface area contributed by atoms with Crippen LogP contribution in [0.2, 0.25) is 0 Å². The number of nitrogens with zero attached hydrogens (tertiary/aromatic N) is 2. The highest BCUT2D eigenvalue weighted by Crippen LogP contribution is 2.34. The molecule has 0 saturated carbocycles. The van der Waals surface area contributed by atoms with E-state index in [9.17, 15) is 14.7 Å². The van der Waals surface area contributed by atoms with Crippen LogP contribution in [0.15, 0.2) is 70.1 Å². The number of phenolic OH excluding ortho intramolecular Hbond substituents is 1. The number of allylic oxidation sites excluding steroid dienone is 2. The van der Waals surface area contributed by atoms with E-state index in [1.54, 1.807) is 57.4 Å². The maximum atomic E-state index is 13.9. The molecule has 3 aromatic rings. The van der Waals surface area contributed by atoms with Crippen molar-refractivity contribution < 1.29 is 24.1 Å². The van der Waals surface area contributed by atoms with E-state index in [2.05, 4.69) is 11.6 Å². The molecule has 38 heavy (non-hydrogen) atoms. The van der Waals surface area contributed by atoms with Crippen molar-refractivity contribution in [2.45, 2.75) is 33.2 Å². The van der Waals surface area contributed by atoms with Gasteiger partial charge >= 0.3 is 5.97 Å². The zero-order chi connectivity index (χ0) is 27.4. The van der Waals surface area contributed by atoms with Crippen LogP contribution in [0.1, 0.15) is 43.5 Å². The molecule has 2 heterocycles. The summed E-state index contributed by atoms with van der Waals surface area (Å²) in [7, 11) is 1.56. The molecule has 1 atom stereocenters. The summed E-state index contributed by atoms with van der Waals surface area (Å²) in [5.74, 6) is 0.466. The second-order valence-corrected chi connectivity index (χ2v) is 9.54. The number of esters is 1. The summed E-state index contributed by atoms with van der Waals surface area (Å²) in [5, 5.41) is 10.6. The molecule has 0 spiro atoms. The van der Waals surface area contributed by atoms with Crippen LogP contribution in [0.5, 0.6) is 17.2 Å². The number of methoxy groups -OCH3 is 1. The summed E-state index contributed by atoms with van der Waals surface area (Å²) in [6, 6.07) is 10.0. The SMILES string of the molecule is C=CCc1cc(/C=c2/sc3n(c2=O)[C@@H](c2cccc(OC)c2)C(C(=O)OCC)=C(C)N=3)cc(OCC)c1O. The van der Waals surface area contributed by atoms with Crippen LogP contribution < -0.4 is 24.4 Å². The van der Waals surface area contributed by atoms with Gasteiger partial charge in [0.05, 0.1) is 42.2 Å². The van der Waals surface area contributed by atoms with Crippen LogP contribution in [-0.2, 0) is 16.0 Å². The normalized spacial score (nSPS) is 15.1. The van der Waals surface area contributed by atoms with E-state index in [1.807, 2.05) is 19.1 Å². The van der Waals surface area contributed by atoms with Gasteiger partial charge in [0.25, 0.3) is 5.56 Å². The lowest BCUT2D eigenvalue weighted by atomic mass is 9.95. The van der Waals surface area contributed by atoms with Crippen molar-refractivity contribution in [1.82, 2.24) is 4.57 Å². The Morgan fingerprint density at radius 3 is 2.71 bits per heavy atom. The van der Waals surface area contributed by atoms with Crippen molar-refractivity contribution in [1.29, 1.82) is 0 Å². The summed E-state index contributed by atoms with van der Waals surface area (Å²) in [6.45, 7) is 9.64. The third kappa shape index (κ3) is 5.15. The standard InChI is InChI=1S/C29H30N2O6S/c1-6-10-20-13-18(14-22(26(20)32)36-7-2)15-23-27(33)31-25(19-11-9-12-21(16-19)35-5)24(28(34)37-8-3)17(4)30-29(31)38-23/h6,9,11-16,25,32H,1,7-8,10H2,2-5H3/b23-15+/t25-/m0/s1. The molecule has 4 rings (SSSR count). The van der Waals surface area contributed by atoms with E-state index in [0.717, 1.165) is 0 Å². The topological polar surface area (TPSA) is 99.4 Å². The van der Waals surface area contributed by atoms with Crippen molar-refractivity contribution in [2.24, 2.45) is 4.99 Å².